The Morgan fingerprint density at radius 3 is 2.50 bits per heavy atom. The van der Waals surface area contributed by atoms with E-state index in [-0.39, 0.29) is 24.9 Å². The lowest BCUT2D eigenvalue weighted by atomic mass is 10.0. The van der Waals surface area contributed by atoms with Crippen LogP contribution in [-0.4, -0.2) is 37.2 Å². The van der Waals surface area contributed by atoms with E-state index in [9.17, 15) is 9.59 Å². The summed E-state index contributed by atoms with van der Waals surface area (Å²) in [6, 6.07) is 19.5. The average molecular weight is 460 g/mol. The number of aromatic nitrogens is 3. The molecule has 4 rings (SSSR count). The Labute approximate surface area is 198 Å². The fraction of sp³-hybridized carbons (Fsp3) is 0.308. The number of nitrogens with zero attached hydrogens (tertiary/aromatic N) is 4. The van der Waals surface area contributed by atoms with Gasteiger partial charge in [0.2, 0.25) is 5.91 Å². The van der Waals surface area contributed by atoms with Crippen molar-refractivity contribution in [2.45, 2.75) is 51.9 Å². The Morgan fingerprint density at radius 1 is 1.06 bits per heavy atom. The SMILES string of the molecule is CCC(C)(C)NC(=O)[C@@H](c1ccco1)N(Cc1ccccc1)C(=O)Cn1nnc2ccccc21. The molecule has 0 aliphatic carbocycles. The summed E-state index contributed by atoms with van der Waals surface area (Å²) in [5, 5.41) is 11.4. The first-order chi connectivity index (χ1) is 16.4. The standard InChI is InChI=1S/C26H29N5O3/c1-4-26(2,3)27-25(33)24(22-15-10-16-34-22)30(17-19-11-6-5-7-12-19)23(32)18-31-21-14-9-8-13-20(21)28-29-31/h5-16,24H,4,17-18H2,1-3H3,(H,27,33)/t24-/m1/s1. The van der Waals surface area contributed by atoms with Crippen LogP contribution in [0.4, 0.5) is 0 Å². The number of rotatable bonds is 9. The Balaban J connectivity index is 1.71. The predicted octanol–water partition coefficient (Wildman–Crippen LogP) is 4.10. The Hall–Kier alpha value is -3.94. The van der Waals surface area contributed by atoms with E-state index < -0.39 is 11.6 Å². The van der Waals surface area contributed by atoms with Gasteiger partial charge in [0.05, 0.1) is 11.8 Å². The monoisotopic (exact) mass is 459 g/mol. The molecule has 2 heterocycles. The van der Waals surface area contributed by atoms with Crippen LogP contribution in [-0.2, 0) is 22.7 Å². The van der Waals surface area contributed by atoms with Gasteiger partial charge in [-0.25, -0.2) is 4.68 Å². The zero-order valence-electron chi connectivity index (χ0n) is 19.6. The van der Waals surface area contributed by atoms with Crippen molar-refractivity contribution in [2.75, 3.05) is 0 Å². The number of carbonyl (C=O) groups is 2. The number of carbonyl (C=O) groups excluding carboxylic acids is 2. The summed E-state index contributed by atoms with van der Waals surface area (Å²) in [6.45, 7) is 6.08. The number of furan rings is 1. The van der Waals surface area contributed by atoms with E-state index in [1.165, 1.54) is 6.26 Å². The largest absolute Gasteiger partial charge is 0.467 e. The van der Waals surface area contributed by atoms with Gasteiger partial charge in [0.25, 0.3) is 5.91 Å². The third kappa shape index (κ3) is 5.17. The molecule has 1 N–H and O–H groups in total. The molecule has 0 saturated heterocycles. The lowest BCUT2D eigenvalue weighted by Gasteiger charge is -2.33. The van der Waals surface area contributed by atoms with Crippen molar-refractivity contribution in [3.05, 3.63) is 84.3 Å². The minimum atomic E-state index is -0.941. The number of amides is 2. The predicted molar refractivity (Wildman–Crippen MR) is 128 cm³/mol. The molecule has 176 valence electrons. The van der Waals surface area contributed by atoms with Crippen LogP contribution in [0.25, 0.3) is 11.0 Å². The van der Waals surface area contributed by atoms with Gasteiger partial charge in [-0.15, -0.1) is 5.10 Å². The molecular formula is C26H29N5O3. The zero-order valence-corrected chi connectivity index (χ0v) is 19.6. The van der Waals surface area contributed by atoms with Crippen LogP contribution in [0.2, 0.25) is 0 Å². The van der Waals surface area contributed by atoms with Gasteiger partial charge in [0, 0.05) is 12.1 Å². The highest BCUT2D eigenvalue weighted by Gasteiger charge is 2.36. The number of fused-ring (bicyclic) bond motifs is 1. The van der Waals surface area contributed by atoms with Crippen LogP contribution in [0.5, 0.6) is 0 Å². The summed E-state index contributed by atoms with van der Waals surface area (Å²) >= 11 is 0. The van der Waals surface area contributed by atoms with Crippen molar-refractivity contribution in [3.63, 3.8) is 0 Å². The Kier molecular flexibility index (Phi) is 6.77. The molecule has 8 nitrogen and oxygen atoms in total. The maximum Gasteiger partial charge on any atom is 0.251 e. The molecule has 2 aromatic carbocycles. The van der Waals surface area contributed by atoms with Crippen LogP contribution in [0.1, 0.15) is 44.6 Å². The Morgan fingerprint density at radius 2 is 1.79 bits per heavy atom. The first kappa shape index (κ1) is 23.2. The smallest absolute Gasteiger partial charge is 0.251 e. The molecule has 8 heteroatoms. The van der Waals surface area contributed by atoms with Crippen LogP contribution >= 0.6 is 0 Å². The molecule has 34 heavy (non-hydrogen) atoms. The van der Waals surface area contributed by atoms with Crippen molar-refractivity contribution in [3.8, 4) is 0 Å². The molecule has 2 amide bonds. The average Bonchev–Trinajstić information content (AvgIpc) is 3.50. The minimum Gasteiger partial charge on any atom is -0.467 e. The minimum absolute atomic E-state index is 0.0605. The van der Waals surface area contributed by atoms with Crippen molar-refractivity contribution in [2.24, 2.45) is 0 Å². The lowest BCUT2D eigenvalue weighted by molar-refractivity contribution is -0.143. The molecule has 0 saturated carbocycles. The summed E-state index contributed by atoms with van der Waals surface area (Å²) in [4.78, 5) is 28.9. The second-order valence-corrected chi connectivity index (χ2v) is 8.89. The van der Waals surface area contributed by atoms with Gasteiger partial charge < -0.3 is 14.6 Å². The fourth-order valence-corrected chi connectivity index (χ4v) is 3.72. The molecule has 0 fully saturated rings. The molecular weight excluding hydrogens is 430 g/mol. The van der Waals surface area contributed by atoms with Gasteiger partial charge in [0.15, 0.2) is 6.04 Å². The van der Waals surface area contributed by atoms with Crippen molar-refractivity contribution >= 4 is 22.8 Å². The molecule has 0 spiro atoms. The van der Waals surface area contributed by atoms with E-state index in [0.717, 1.165) is 17.5 Å². The molecule has 0 aliphatic heterocycles. The second kappa shape index (κ2) is 9.91. The molecule has 1 atom stereocenters. The number of hydrogen-bond acceptors (Lipinski definition) is 5. The molecule has 0 bridgehead atoms. The number of nitrogens with one attached hydrogen (secondary N) is 1. The first-order valence-electron chi connectivity index (χ1n) is 11.3. The maximum absolute atomic E-state index is 13.8. The van der Waals surface area contributed by atoms with Gasteiger partial charge in [-0.05, 0) is 50.1 Å². The molecule has 2 aromatic heterocycles. The quantitative estimate of drug-likeness (QED) is 0.407. The van der Waals surface area contributed by atoms with Gasteiger partial charge >= 0.3 is 0 Å². The highest BCUT2D eigenvalue weighted by Crippen LogP contribution is 2.26. The van der Waals surface area contributed by atoms with E-state index in [4.69, 9.17) is 4.42 Å². The van der Waals surface area contributed by atoms with E-state index in [0.29, 0.717) is 11.3 Å². The summed E-state index contributed by atoms with van der Waals surface area (Å²) in [6.07, 6.45) is 2.25. The highest BCUT2D eigenvalue weighted by molar-refractivity contribution is 5.89. The summed E-state index contributed by atoms with van der Waals surface area (Å²) in [5.74, 6) is -0.169. The third-order valence-corrected chi connectivity index (χ3v) is 5.94. The summed E-state index contributed by atoms with van der Waals surface area (Å²) in [7, 11) is 0. The van der Waals surface area contributed by atoms with E-state index in [1.54, 1.807) is 21.7 Å². The zero-order chi connectivity index (χ0) is 24.1. The van der Waals surface area contributed by atoms with E-state index >= 15 is 0 Å². The molecule has 0 aliphatic rings. The van der Waals surface area contributed by atoms with Crippen molar-refractivity contribution in [1.82, 2.24) is 25.2 Å². The molecule has 4 aromatic rings. The summed E-state index contributed by atoms with van der Waals surface area (Å²) < 4.78 is 7.21. The number of para-hydroxylation sites is 1. The van der Waals surface area contributed by atoms with Crippen LogP contribution in [0, 0.1) is 0 Å². The van der Waals surface area contributed by atoms with E-state index in [1.807, 2.05) is 75.4 Å². The molecule has 0 unspecified atom stereocenters. The first-order valence-corrected chi connectivity index (χ1v) is 11.3. The second-order valence-electron chi connectivity index (χ2n) is 8.89. The lowest BCUT2D eigenvalue weighted by Crippen LogP contribution is -2.50. The Bertz CT molecular complexity index is 1250. The third-order valence-electron chi connectivity index (χ3n) is 5.94. The van der Waals surface area contributed by atoms with Crippen LogP contribution < -0.4 is 5.32 Å². The normalized spacial score (nSPS) is 12.4. The fourth-order valence-electron chi connectivity index (χ4n) is 3.72. The van der Waals surface area contributed by atoms with Gasteiger partial charge in [-0.3, -0.25) is 9.59 Å². The van der Waals surface area contributed by atoms with Gasteiger partial charge in [-0.2, -0.15) is 0 Å². The van der Waals surface area contributed by atoms with Crippen molar-refractivity contribution < 1.29 is 14.0 Å². The van der Waals surface area contributed by atoms with E-state index in [2.05, 4.69) is 15.6 Å². The van der Waals surface area contributed by atoms with Crippen LogP contribution in [0.15, 0.2) is 77.4 Å². The summed E-state index contributed by atoms with van der Waals surface area (Å²) in [5.41, 5.74) is 1.92. The molecule has 0 radical (unpaired) electrons. The van der Waals surface area contributed by atoms with Gasteiger partial charge in [-0.1, -0.05) is 54.6 Å². The number of benzene rings is 2. The van der Waals surface area contributed by atoms with Crippen LogP contribution in [0.3, 0.4) is 0 Å². The van der Waals surface area contributed by atoms with Crippen molar-refractivity contribution in [1.29, 1.82) is 0 Å². The maximum atomic E-state index is 13.8. The van der Waals surface area contributed by atoms with Gasteiger partial charge in [0.1, 0.15) is 17.8 Å². The highest BCUT2D eigenvalue weighted by atomic mass is 16.3. The topological polar surface area (TPSA) is 93.3 Å². The number of hydrogen-bond donors (Lipinski definition) is 1.